The van der Waals surface area contributed by atoms with Crippen LogP contribution in [0.5, 0.6) is 0 Å². The third-order valence-corrected chi connectivity index (χ3v) is 5.10. The minimum Gasteiger partial charge on any atom is -0.343 e. The molecule has 2 N–H and O–H groups in total. The summed E-state index contributed by atoms with van der Waals surface area (Å²) in [7, 11) is -5.82. The van der Waals surface area contributed by atoms with Gasteiger partial charge in [-0.15, -0.1) is 0 Å². The maximum absolute atomic E-state index is 12.8. The van der Waals surface area contributed by atoms with Gasteiger partial charge in [-0.25, -0.2) is 13.4 Å². The van der Waals surface area contributed by atoms with Crippen LogP contribution in [0.4, 0.5) is 18.9 Å². The molecule has 0 bridgehead atoms. The van der Waals surface area contributed by atoms with E-state index in [-0.39, 0.29) is 0 Å². The highest BCUT2D eigenvalue weighted by Gasteiger charge is 2.49. The van der Waals surface area contributed by atoms with Gasteiger partial charge in [0.15, 0.2) is 5.03 Å². The molecule has 2 rings (SSSR count). The molecule has 0 fully saturated rings. The third kappa shape index (κ3) is 4.66. The number of aryl methyl sites for hydroxylation is 1. The van der Waals surface area contributed by atoms with E-state index in [1.165, 1.54) is 0 Å². The molecule has 0 radical (unpaired) electrons. The molecule has 7 nitrogen and oxygen atoms in total. The lowest BCUT2D eigenvalue weighted by Crippen LogP contribution is -2.35. The third-order valence-electron chi connectivity index (χ3n) is 3.66. The lowest BCUT2D eigenvalue weighted by molar-refractivity contribution is -0.115. The van der Waals surface area contributed by atoms with Crippen LogP contribution in [0.15, 0.2) is 47.6 Å². The number of nitrogens with one attached hydrogen (secondary N) is 2. The monoisotopic (exact) mass is 415 g/mol. The fourth-order valence-corrected chi connectivity index (χ4v) is 3.16. The molecule has 1 aromatic heterocycles. The number of aromatic nitrogens is 1. The average molecular weight is 415 g/mol. The molecule has 0 atom stereocenters. The van der Waals surface area contributed by atoms with Crippen molar-refractivity contribution >= 4 is 27.3 Å². The summed E-state index contributed by atoms with van der Waals surface area (Å²) in [6.07, 6.45) is 1.47. The van der Waals surface area contributed by atoms with Crippen molar-refractivity contribution in [3.63, 3.8) is 0 Å². The fraction of sp³-hybridized carbons (Fsp3) is 0.235. The van der Waals surface area contributed by atoms with Crippen molar-refractivity contribution in [2.75, 3.05) is 11.9 Å². The zero-order valence-corrected chi connectivity index (χ0v) is 15.4. The summed E-state index contributed by atoms with van der Waals surface area (Å²) in [4.78, 5) is 27.4. The second kappa shape index (κ2) is 8.38. The molecule has 2 aromatic rings. The van der Waals surface area contributed by atoms with Crippen LogP contribution in [0.2, 0.25) is 0 Å². The number of rotatable bonds is 6. The van der Waals surface area contributed by atoms with Crippen molar-refractivity contribution in [2.45, 2.75) is 23.9 Å². The predicted octanol–water partition coefficient (Wildman–Crippen LogP) is 2.31. The van der Waals surface area contributed by atoms with Crippen molar-refractivity contribution in [3.05, 3.63) is 53.7 Å². The number of pyridine rings is 1. The summed E-state index contributed by atoms with van der Waals surface area (Å²) in [5, 5.41) is 3.25. The number of nitrogens with zero attached hydrogens (tertiary/aromatic N) is 1. The van der Waals surface area contributed by atoms with Crippen molar-refractivity contribution in [1.82, 2.24) is 10.3 Å². The number of para-hydroxylation sites is 1. The van der Waals surface area contributed by atoms with Gasteiger partial charge in [0.25, 0.3) is 15.7 Å². The molecule has 0 aliphatic heterocycles. The number of amides is 2. The fourth-order valence-electron chi connectivity index (χ4n) is 2.29. The lowest BCUT2D eigenvalue weighted by Gasteiger charge is -2.12. The quantitative estimate of drug-likeness (QED) is 0.753. The second-order valence-corrected chi connectivity index (χ2v) is 7.40. The van der Waals surface area contributed by atoms with Crippen molar-refractivity contribution < 1.29 is 31.2 Å². The zero-order chi connectivity index (χ0) is 20.9. The van der Waals surface area contributed by atoms with E-state index in [1.54, 1.807) is 24.3 Å². The Kier molecular flexibility index (Phi) is 6.39. The summed E-state index contributed by atoms with van der Waals surface area (Å²) in [5.74, 6) is -1.80. The summed E-state index contributed by atoms with van der Waals surface area (Å²) in [6.45, 7) is 1.31. The maximum atomic E-state index is 12.8. The minimum atomic E-state index is -5.82. The average Bonchev–Trinajstić information content (AvgIpc) is 2.65. The molecule has 28 heavy (non-hydrogen) atoms. The Morgan fingerprint density at radius 2 is 1.79 bits per heavy atom. The molecule has 2 amide bonds. The molecular weight excluding hydrogens is 399 g/mol. The molecule has 0 aliphatic rings. The lowest BCUT2D eigenvalue weighted by atomic mass is 10.1. The number of anilines is 1. The van der Waals surface area contributed by atoms with Crippen molar-refractivity contribution in [1.29, 1.82) is 0 Å². The van der Waals surface area contributed by atoms with Crippen LogP contribution in [-0.2, 0) is 21.1 Å². The van der Waals surface area contributed by atoms with Gasteiger partial charge in [-0.1, -0.05) is 25.1 Å². The number of halogens is 3. The first-order valence-electron chi connectivity index (χ1n) is 8.00. The topological polar surface area (TPSA) is 105 Å². The van der Waals surface area contributed by atoms with Crippen LogP contribution in [0.3, 0.4) is 0 Å². The number of sulfone groups is 1. The molecule has 1 aromatic carbocycles. The molecule has 1 heterocycles. The van der Waals surface area contributed by atoms with Gasteiger partial charge in [-0.2, -0.15) is 13.2 Å². The van der Waals surface area contributed by atoms with E-state index in [2.05, 4.69) is 15.6 Å². The van der Waals surface area contributed by atoms with Crippen molar-refractivity contribution in [2.24, 2.45) is 0 Å². The normalized spacial score (nSPS) is 11.7. The van der Waals surface area contributed by atoms with Crippen LogP contribution in [0, 0.1) is 0 Å². The molecule has 150 valence electrons. The van der Waals surface area contributed by atoms with Gasteiger partial charge in [-0.05, 0) is 30.2 Å². The van der Waals surface area contributed by atoms with E-state index < -0.39 is 44.3 Å². The summed E-state index contributed by atoms with van der Waals surface area (Å²) in [5.41, 5.74) is -5.03. The number of carbonyl (C=O) groups is 2. The van der Waals surface area contributed by atoms with E-state index in [0.29, 0.717) is 12.1 Å². The molecule has 0 spiro atoms. The Balaban J connectivity index is 2.13. The molecule has 0 saturated carbocycles. The molecule has 0 unspecified atom stereocenters. The van der Waals surface area contributed by atoms with E-state index in [4.69, 9.17) is 0 Å². The van der Waals surface area contributed by atoms with Gasteiger partial charge in [0.05, 0.1) is 12.1 Å². The zero-order valence-electron chi connectivity index (χ0n) is 14.6. The number of alkyl halides is 3. The van der Waals surface area contributed by atoms with E-state index in [9.17, 15) is 31.2 Å². The van der Waals surface area contributed by atoms with Gasteiger partial charge in [0.2, 0.25) is 5.91 Å². The van der Waals surface area contributed by atoms with E-state index in [0.717, 1.165) is 23.9 Å². The Labute approximate surface area is 158 Å². The highest BCUT2D eigenvalue weighted by molar-refractivity contribution is 7.92. The predicted molar refractivity (Wildman–Crippen MR) is 94.3 cm³/mol. The first-order valence-corrected chi connectivity index (χ1v) is 9.48. The smallest absolute Gasteiger partial charge is 0.343 e. The van der Waals surface area contributed by atoms with Crippen LogP contribution in [0.1, 0.15) is 22.8 Å². The molecular formula is C17H16F3N3O4S. The van der Waals surface area contributed by atoms with Crippen LogP contribution >= 0.6 is 0 Å². The van der Waals surface area contributed by atoms with Gasteiger partial charge in [0, 0.05) is 11.9 Å². The molecule has 11 heteroatoms. The Morgan fingerprint density at radius 1 is 1.11 bits per heavy atom. The van der Waals surface area contributed by atoms with Gasteiger partial charge in [-0.3, -0.25) is 9.59 Å². The SMILES string of the molecule is CCc1ccccc1NC(=O)CNC(=O)c1cccnc1S(=O)(=O)C(F)(F)F. The highest BCUT2D eigenvalue weighted by Crippen LogP contribution is 2.30. The first kappa shape index (κ1) is 21.4. The number of benzene rings is 1. The Morgan fingerprint density at radius 3 is 2.43 bits per heavy atom. The minimum absolute atomic E-state index is 0.533. The number of carbonyl (C=O) groups excluding carboxylic acids is 2. The van der Waals surface area contributed by atoms with E-state index in [1.807, 2.05) is 6.92 Å². The summed E-state index contributed by atoms with van der Waals surface area (Å²) in [6, 6.07) is 8.96. The van der Waals surface area contributed by atoms with Crippen LogP contribution in [0.25, 0.3) is 0 Å². The largest absolute Gasteiger partial charge is 0.503 e. The number of hydrogen-bond acceptors (Lipinski definition) is 5. The summed E-state index contributed by atoms with van der Waals surface area (Å²) < 4.78 is 61.5. The summed E-state index contributed by atoms with van der Waals surface area (Å²) >= 11 is 0. The van der Waals surface area contributed by atoms with Gasteiger partial charge in [0.1, 0.15) is 0 Å². The highest BCUT2D eigenvalue weighted by atomic mass is 32.2. The standard InChI is InChI=1S/C17H16F3N3O4S/c1-2-11-6-3-4-8-13(11)23-14(24)10-22-15(25)12-7-5-9-21-16(12)28(26,27)17(18,19)20/h3-9H,2,10H2,1H3,(H,22,25)(H,23,24). The second-order valence-electron chi connectivity index (χ2n) is 5.55. The number of hydrogen-bond donors (Lipinski definition) is 2. The van der Waals surface area contributed by atoms with Gasteiger partial charge >= 0.3 is 5.51 Å². The molecule has 0 aliphatic carbocycles. The van der Waals surface area contributed by atoms with Crippen molar-refractivity contribution in [3.8, 4) is 0 Å². The van der Waals surface area contributed by atoms with Gasteiger partial charge < -0.3 is 10.6 Å². The molecule has 0 saturated heterocycles. The van der Waals surface area contributed by atoms with Crippen LogP contribution in [-0.4, -0.2) is 37.3 Å². The first-order chi connectivity index (χ1) is 13.1. The maximum Gasteiger partial charge on any atom is 0.503 e. The van der Waals surface area contributed by atoms with Crippen LogP contribution < -0.4 is 10.6 Å². The Bertz CT molecular complexity index is 991. The van der Waals surface area contributed by atoms with E-state index >= 15 is 0 Å². The Hall–Kier alpha value is -2.95.